The normalized spacial score (nSPS) is 13.1. The first-order valence-electron chi connectivity index (χ1n) is 24.7. The van der Waals surface area contributed by atoms with Crippen LogP contribution in [-0.2, 0) is 10.1 Å². The zero-order valence-electron chi connectivity index (χ0n) is 45.9. The summed E-state index contributed by atoms with van der Waals surface area (Å²) < 4.78 is 144. The average molecular weight is 1300 g/mol. The van der Waals surface area contributed by atoms with Gasteiger partial charge in [-0.2, -0.15) is 28.0 Å². The molecule has 0 aliphatic heterocycles. The van der Waals surface area contributed by atoms with E-state index >= 15 is 0 Å². The number of aryl methyl sites for hydroxylation is 12. The molecule has 0 saturated heterocycles. The second-order valence-corrected chi connectivity index (χ2v) is 32.7. The van der Waals surface area contributed by atoms with Crippen LogP contribution in [0.5, 0.6) is 23.0 Å². The molecule has 14 nitrogen and oxygen atoms in total. The van der Waals surface area contributed by atoms with Gasteiger partial charge in [0.1, 0.15) is 0 Å². The summed E-state index contributed by atoms with van der Waals surface area (Å²) in [6.07, 6.45) is 0. The summed E-state index contributed by atoms with van der Waals surface area (Å²) in [5.41, 5.74) is 9.84. The molecule has 8 rings (SSSR count). The number of ether oxygens (including phenoxy) is 2. The summed E-state index contributed by atoms with van der Waals surface area (Å²) in [7, 11) is -21.2. The van der Waals surface area contributed by atoms with Gasteiger partial charge in [-0.3, -0.25) is 0 Å². The van der Waals surface area contributed by atoms with E-state index in [1.807, 2.05) is 132 Å². The maximum absolute atomic E-state index is 12.9. The van der Waals surface area contributed by atoms with Crippen LogP contribution in [0.2, 0.25) is 0 Å². The van der Waals surface area contributed by atoms with Crippen LogP contribution in [0.4, 0.5) is 0 Å². The minimum Gasteiger partial charge on any atom is -0.0552 e. The molecule has 8 aromatic rings. The molecule has 80 heavy (non-hydrogen) atoms. The van der Waals surface area contributed by atoms with Crippen LogP contribution < -0.4 is 51.4 Å². The van der Waals surface area contributed by atoms with Crippen LogP contribution in [0, 0.1) is 121 Å². The summed E-state index contributed by atoms with van der Waals surface area (Å²) >= 11 is -3.47. The Morgan fingerprint density at radius 2 is 0.512 bits per heavy atom. The smallest absolute Gasteiger partial charge is 0.0552 e. The number of hydrogen-bond acceptors (Lipinski definition) is 14. The molecule has 0 atom stereocenters. The van der Waals surface area contributed by atoms with E-state index in [0.29, 0.717) is 59.5 Å². The van der Waals surface area contributed by atoms with Gasteiger partial charge in [0.25, 0.3) is 0 Å². The average Bonchev–Trinajstić information content (AvgIpc) is 3.34. The fourth-order valence-corrected chi connectivity index (χ4v) is 26.1. The third-order valence-corrected chi connectivity index (χ3v) is 28.5. The van der Waals surface area contributed by atoms with Crippen molar-refractivity contribution in [3.8, 4) is 23.0 Å². The Bertz CT molecular complexity index is 3130. The first-order chi connectivity index (χ1) is 37.4. The molecule has 0 aliphatic rings. The molecule has 0 unspecified atom stereocenters. The van der Waals surface area contributed by atoms with Gasteiger partial charge < -0.3 is 0 Å². The molecule has 0 saturated carbocycles. The summed E-state index contributed by atoms with van der Waals surface area (Å²) in [4.78, 5) is 3.23. The number of hydrogen-bond donors (Lipinski definition) is 0. The zero-order chi connectivity index (χ0) is 58.4. The summed E-state index contributed by atoms with van der Waals surface area (Å²) in [6, 6.07) is 41.6. The predicted molar refractivity (Wildman–Crippen MR) is 288 cm³/mol. The van der Waals surface area contributed by atoms with Crippen molar-refractivity contribution in [2.45, 2.75) is 112 Å². The van der Waals surface area contributed by atoms with Crippen molar-refractivity contribution in [1.82, 2.24) is 0 Å². The van der Waals surface area contributed by atoms with Crippen molar-refractivity contribution >= 4 is 40.9 Å². The predicted octanol–water partition coefficient (Wildman–Crippen LogP) is 7.57. The van der Waals surface area contributed by atoms with E-state index in [-0.39, 0.29) is 0 Å². The van der Waals surface area contributed by atoms with Gasteiger partial charge in [0.05, 0.1) is 0 Å². The van der Waals surface area contributed by atoms with Gasteiger partial charge in [-0.25, -0.2) is 0 Å². The topological polar surface area (TPSA) is 254 Å². The zero-order valence-corrected chi connectivity index (χ0v) is 52.0. The molecule has 424 valence electrons. The molecular weight excluding hydrogens is 1240 g/mol. The van der Waals surface area contributed by atoms with Gasteiger partial charge in [0.2, 0.25) is 0 Å². The molecular formula is C60H60Cl3IO14S2. The minimum atomic E-state index is -4.96. The van der Waals surface area contributed by atoms with E-state index in [1.165, 1.54) is 0 Å². The first kappa shape index (κ1) is 61.3. The quantitative estimate of drug-likeness (QED) is 0.0752. The second kappa shape index (κ2) is 23.8. The van der Waals surface area contributed by atoms with E-state index in [4.69, 9.17) is 19.6 Å². The van der Waals surface area contributed by atoms with Crippen LogP contribution in [-0.4, -0.2) is 0 Å². The van der Waals surface area contributed by atoms with Crippen molar-refractivity contribution < 1.29 is 92.2 Å². The van der Waals surface area contributed by atoms with E-state index in [1.54, 1.807) is 97.1 Å². The third-order valence-electron chi connectivity index (χ3n) is 12.8. The van der Waals surface area contributed by atoms with Gasteiger partial charge in [-0.05, 0) is 83.1 Å². The standard InChI is InChI=1S/C60H60Cl3IO14S2/c1-37-29-41(5)57(42(6)30-37)79(77-62(68,69)70,58-43(7)31-38(2)32-44(58)8)55-25-21-53(22-26-55)74-51-17-13-49(14-18-51)64(76-61(65,66)67)50-15-19-52(20-16-50)75-54-23-27-56(28-24-54)80(78-63(71,72)73,59-45(9)33-39(3)34-46(59)10)60-47(11)35-40(4)36-48(60)12/h13-36H,1-12H3. The Kier molecular flexibility index (Phi) is 18.2. The molecule has 0 radical (unpaired) electrons. The van der Waals surface area contributed by atoms with E-state index < -0.39 is 71.6 Å². The number of benzene rings is 8. The maximum atomic E-state index is 12.9. The SMILES string of the molecule is Cc1cc(C)c(S(O[Cl+3]([O-])([O-])[O-])(c2ccc(Oc3ccc(I(O[Cl+3]([O-])([O-])[O-])c4ccc(Oc5ccc(S(O[Cl+3]([O-])([O-])[O-])(c6c(C)cc(C)cc6C)c6c(C)cc(C)cc6C)cc5)cc4)cc3)cc2)c2c(C)cc(C)cc2C)c(C)c1. The van der Waals surface area contributed by atoms with Crippen molar-refractivity contribution in [2.75, 3.05) is 0 Å². The van der Waals surface area contributed by atoms with Crippen LogP contribution in [0.1, 0.15) is 66.8 Å². The molecule has 20 heteroatoms. The minimum absolute atomic E-state index is 0.341. The monoisotopic (exact) mass is 1300 g/mol. The van der Waals surface area contributed by atoms with E-state index in [0.717, 1.165) is 66.8 Å². The van der Waals surface area contributed by atoms with E-state index in [9.17, 15) is 41.9 Å². The molecule has 0 aliphatic carbocycles. The van der Waals surface area contributed by atoms with Crippen molar-refractivity contribution in [3.05, 3.63) is 219 Å². The van der Waals surface area contributed by atoms with Crippen LogP contribution >= 0.6 is 40.9 Å². The second-order valence-electron chi connectivity index (χ2n) is 19.6. The Hall–Kier alpha value is -4.82. The molecule has 0 heterocycles. The van der Waals surface area contributed by atoms with Crippen molar-refractivity contribution in [1.29, 1.82) is 0 Å². The van der Waals surface area contributed by atoms with Gasteiger partial charge in [0, 0.05) is 0 Å². The van der Waals surface area contributed by atoms with Crippen LogP contribution in [0.25, 0.3) is 0 Å². The third kappa shape index (κ3) is 13.5. The fraction of sp³-hybridized carbons (Fsp3) is 0.200. The molecule has 0 amide bonds. The number of halogens is 4. The Balaban J connectivity index is 1.07. The van der Waals surface area contributed by atoms with Crippen LogP contribution in [0.15, 0.2) is 175 Å². The molecule has 8 aromatic carbocycles. The van der Waals surface area contributed by atoms with Crippen LogP contribution in [0.3, 0.4) is 0 Å². The Morgan fingerprint density at radius 3 is 0.713 bits per heavy atom. The van der Waals surface area contributed by atoms with Crippen molar-refractivity contribution in [2.24, 2.45) is 0 Å². The van der Waals surface area contributed by atoms with Gasteiger partial charge >= 0.3 is 306 Å². The summed E-state index contributed by atoms with van der Waals surface area (Å²) in [5, 5.41) is 0. The fourth-order valence-electron chi connectivity index (χ4n) is 10.8. The van der Waals surface area contributed by atoms with Gasteiger partial charge in [-0.1, -0.05) is 70.8 Å². The molecule has 0 spiro atoms. The van der Waals surface area contributed by atoms with Gasteiger partial charge in [0.15, 0.2) is 0 Å². The first-order valence-corrected chi connectivity index (χ1v) is 34.5. The molecule has 0 aromatic heterocycles. The summed E-state index contributed by atoms with van der Waals surface area (Å²) in [6.45, 7) is 22.7. The van der Waals surface area contributed by atoms with Crippen molar-refractivity contribution in [3.63, 3.8) is 0 Å². The molecule has 0 fully saturated rings. The summed E-state index contributed by atoms with van der Waals surface area (Å²) in [5.74, 6) is 1.38. The molecule has 0 N–H and O–H groups in total. The molecule has 0 bridgehead atoms. The Morgan fingerprint density at radius 1 is 0.300 bits per heavy atom. The van der Waals surface area contributed by atoms with E-state index in [2.05, 4.69) is 0 Å². The Labute approximate surface area is 484 Å². The van der Waals surface area contributed by atoms with Gasteiger partial charge in [-0.15, -0.1) is 0 Å². The number of rotatable bonds is 18.